The SMILES string of the molecule is CCOC(=O)CCCOc1ccccc1C(=O)Nc1ccc(C(=O)N(C)c2ccccc2OCCC(C)CCC(=O)N2CCN(C)CC2)cc1OC. The van der Waals surface area contributed by atoms with Crippen molar-refractivity contribution in [2.75, 3.05) is 77.4 Å². The first-order valence-corrected chi connectivity index (χ1v) is 17.9. The highest BCUT2D eigenvalue weighted by molar-refractivity contribution is 6.09. The Hall–Kier alpha value is -5.10. The molecule has 1 atom stereocenters. The molecule has 0 aromatic heterocycles. The van der Waals surface area contributed by atoms with Gasteiger partial charge in [-0.1, -0.05) is 31.2 Å². The average Bonchev–Trinajstić information content (AvgIpc) is 3.15. The van der Waals surface area contributed by atoms with Gasteiger partial charge in [0.2, 0.25) is 5.91 Å². The molecule has 0 bridgehead atoms. The van der Waals surface area contributed by atoms with Crippen molar-refractivity contribution in [1.29, 1.82) is 0 Å². The summed E-state index contributed by atoms with van der Waals surface area (Å²) in [5.74, 6) is 0.789. The van der Waals surface area contributed by atoms with Crippen molar-refractivity contribution < 1.29 is 38.1 Å². The van der Waals surface area contributed by atoms with Gasteiger partial charge in [-0.3, -0.25) is 19.2 Å². The Morgan fingerprint density at radius 1 is 0.846 bits per heavy atom. The lowest BCUT2D eigenvalue weighted by atomic mass is 10.0. The lowest BCUT2D eigenvalue weighted by molar-refractivity contribution is -0.143. The van der Waals surface area contributed by atoms with E-state index in [4.69, 9.17) is 18.9 Å². The summed E-state index contributed by atoms with van der Waals surface area (Å²) in [5.41, 5.74) is 1.66. The van der Waals surface area contributed by atoms with Crippen LogP contribution in [0.3, 0.4) is 0 Å². The number of amides is 3. The number of ether oxygens (including phenoxy) is 4. The monoisotopic (exact) mass is 716 g/mol. The van der Waals surface area contributed by atoms with Gasteiger partial charge in [0.15, 0.2) is 0 Å². The Morgan fingerprint density at radius 2 is 1.54 bits per heavy atom. The zero-order valence-electron chi connectivity index (χ0n) is 31.0. The fourth-order valence-electron chi connectivity index (χ4n) is 5.79. The Morgan fingerprint density at radius 3 is 2.27 bits per heavy atom. The van der Waals surface area contributed by atoms with Gasteiger partial charge in [0.05, 0.1) is 43.9 Å². The summed E-state index contributed by atoms with van der Waals surface area (Å²) >= 11 is 0. The molecule has 1 heterocycles. The minimum absolute atomic E-state index is 0.217. The third-order valence-electron chi connectivity index (χ3n) is 9.02. The second-order valence-electron chi connectivity index (χ2n) is 12.9. The van der Waals surface area contributed by atoms with E-state index in [0.29, 0.717) is 71.7 Å². The van der Waals surface area contributed by atoms with E-state index in [-0.39, 0.29) is 30.8 Å². The van der Waals surface area contributed by atoms with E-state index in [1.54, 1.807) is 56.4 Å². The van der Waals surface area contributed by atoms with Crippen LogP contribution in [0.15, 0.2) is 66.7 Å². The lowest BCUT2D eigenvalue weighted by Gasteiger charge is -2.32. The Bertz CT molecular complexity index is 1660. The van der Waals surface area contributed by atoms with Crippen LogP contribution >= 0.6 is 0 Å². The molecule has 0 aliphatic carbocycles. The topological polar surface area (TPSA) is 127 Å². The Kier molecular flexibility index (Phi) is 15.3. The summed E-state index contributed by atoms with van der Waals surface area (Å²) < 4.78 is 22.5. The Balaban J connectivity index is 1.33. The highest BCUT2D eigenvalue weighted by Gasteiger charge is 2.22. The number of carbonyl (C=O) groups excluding carboxylic acids is 4. The van der Waals surface area contributed by atoms with Crippen molar-refractivity contribution in [3.63, 3.8) is 0 Å². The van der Waals surface area contributed by atoms with E-state index >= 15 is 0 Å². The first kappa shape index (κ1) is 39.7. The molecule has 3 amide bonds. The summed E-state index contributed by atoms with van der Waals surface area (Å²) in [6.07, 6.45) is 2.78. The number of hydrogen-bond acceptors (Lipinski definition) is 9. The van der Waals surface area contributed by atoms with Crippen LogP contribution in [0.2, 0.25) is 0 Å². The second kappa shape index (κ2) is 20.1. The molecule has 3 aromatic carbocycles. The number of carbonyl (C=O) groups is 4. The van der Waals surface area contributed by atoms with Gasteiger partial charge >= 0.3 is 5.97 Å². The van der Waals surface area contributed by atoms with Crippen LogP contribution in [0, 0.1) is 5.92 Å². The molecule has 3 aromatic rings. The predicted molar refractivity (Wildman–Crippen MR) is 201 cm³/mol. The number of para-hydroxylation sites is 3. The first-order chi connectivity index (χ1) is 25.1. The van der Waals surface area contributed by atoms with E-state index in [9.17, 15) is 19.2 Å². The van der Waals surface area contributed by atoms with Crippen molar-refractivity contribution in [1.82, 2.24) is 9.80 Å². The standard InChI is InChI=1S/C40H52N4O8/c1-6-50-38(46)16-11-26-51-34-14-9-7-12-31(34)39(47)41-32-19-18-30(28-36(32)49-5)40(48)43(4)33-13-8-10-15-35(33)52-27-21-29(2)17-20-37(45)44-24-22-42(3)23-25-44/h7-10,12-15,18-19,28-29H,6,11,16-17,20-27H2,1-5H3,(H,41,47). The molecule has 52 heavy (non-hydrogen) atoms. The van der Waals surface area contributed by atoms with Gasteiger partial charge in [-0.2, -0.15) is 0 Å². The van der Waals surface area contributed by atoms with Gasteiger partial charge in [-0.15, -0.1) is 0 Å². The maximum absolute atomic E-state index is 13.7. The molecule has 1 saturated heterocycles. The number of esters is 1. The maximum Gasteiger partial charge on any atom is 0.305 e. The second-order valence-corrected chi connectivity index (χ2v) is 12.9. The molecule has 1 fully saturated rings. The maximum atomic E-state index is 13.7. The zero-order chi connectivity index (χ0) is 37.5. The molecular formula is C40H52N4O8. The highest BCUT2D eigenvalue weighted by Crippen LogP contribution is 2.32. The summed E-state index contributed by atoms with van der Waals surface area (Å²) in [5, 5.41) is 2.86. The molecule has 0 radical (unpaired) electrons. The van der Waals surface area contributed by atoms with Crippen molar-refractivity contribution >= 4 is 35.1 Å². The lowest BCUT2D eigenvalue weighted by Crippen LogP contribution is -2.47. The molecule has 0 saturated carbocycles. The van der Waals surface area contributed by atoms with E-state index in [0.717, 1.165) is 39.0 Å². The van der Waals surface area contributed by atoms with Gasteiger partial charge in [0.1, 0.15) is 17.2 Å². The minimum Gasteiger partial charge on any atom is -0.495 e. The molecule has 1 aliphatic rings. The van der Waals surface area contributed by atoms with Gasteiger partial charge in [0.25, 0.3) is 11.8 Å². The van der Waals surface area contributed by atoms with Crippen LogP contribution in [-0.4, -0.2) is 101 Å². The average molecular weight is 717 g/mol. The van der Waals surface area contributed by atoms with E-state index < -0.39 is 5.91 Å². The number of anilines is 2. The summed E-state index contributed by atoms with van der Waals surface area (Å²) in [7, 11) is 5.23. The number of nitrogens with zero attached hydrogens (tertiary/aromatic N) is 3. The molecule has 1 N–H and O–H groups in total. The van der Waals surface area contributed by atoms with Crippen LogP contribution < -0.4 is 24.4 Å². The molecule has 280 valence electrons. The summed E-state index contributed by atoms with van der Waals surface area (Å²) in [6.45, 7) is 8.31. The zero-order valence-corrected chi connectivity index (χ0v) is 31.0. The third-order valence-corrected chi connectivity index (χ3v) is 9.02. The normalized spacial score (nSPS) is 13.5. The van der Waals surface area contributed by atoms with Gasteiger partial charge < -0.3 is 39.0 Å². The van der Waals surface area contributed by atoms with E-state index in [1.807, 2.05) is 29.2 Å². The van der Waals surface area contributed by atoms with Gasteiger partial charge in [0, 0.05) is 51.6 Å². The van der Waals surface area contributed by atoms with Crippen molar-refractivity contribution in [2.24, 2.45) is 5.92 Å². The highest BCUT2D eigenvalue weighted by atomic mass is 16.5. The van der Waals surface area contributed by atoms with Crippen molar-refractivity contribution in [3.05, 3.63) is 77.9 Å². The van der Waals surface area contributed by atoms with E-state index in [2.05, 4.69) is 24.2 Å². The number of benzene rings is 3. The number of hydrogen-bond donors (Lipinski definition) is 1. The molecule has 12 heteroatoms. The molecule has 12 nitrogen and oxygen atoms in total. The fourth-order valence-corrected chi connectivity index (χ4v) is 5.79. The van der Waals surface area contributed by atoms with Gasteiger partial charge in [-0.05, 0) is 81.6 Å². The molecule has 0 spiro atoms. The van der Waals surface area contributed by atoms with Gasteiger partial charge in [-0.25, -0.2) is 0 Å². The van der Waals surface area contributed by atoms with E-state index in [1.165, 1.54) is 12.0 Å². The number of nitrogens with one attached hydrogen (secondary N) is 1. The largest absolute Gasteiger partial charge is 0.495 e. The van der Waals surface area contributed by atoms with Crippen LogP contribution in [0.4, 0.5) is 11.4 Å². The van der Waals surface area contributed by atoms with Crippen LogP contribution in [0.5, 0.6) is 17.2 Å². The molecule has 4 rings (SSSR count). The molecule has 1 aliphatic heterocycles. The van der Waals surface area contributed by atoms with Crippen LogP contribution in [-0.2, 0) is 14.3 Å². The smallest absolute Gasteiger partial charge is 0.305 e. The number of methoxy groups -OCH3 is 1. The predicted octanol–water partition coefficient (Wildman–Crippen LogP) is 5.91. The Labute approximate surface area is 306 Å². The summed E-state index contributed by atoms with van der Waals surface area (Å²) in [6, 6.07) is 19.0. The van der Waals surface area contributed by atoms with Crippen molar-refractivity contribution in [3.8, 4) is 17.2 Å². The minimum atomic E-state index is -0.419. The molecular weight excluding hydrogens is 664 g/mol. The van der Waals surface area contributed by atoms with Crippen LogP contribution in [0.25, 0.3) is 0 Å². The quantitative estimate of drug-likeness (QED) is 0.126. The summed E-state index contributed by atoms with van der Waals surface area (Å²) in [4.78, 5) is 57.0. The number of likely N-dealkylation sites (N-methyl/N-ethyl adjacent to an activating group) is 1. The fraction of sp³-hybridized carbons (Fsp3) is 0.450. The molecule has 1 unspecified atom stereocenters. The van der Waals surface area contributed by atoms with Crippen LogP contribution in [0.1, 0.15) is 66.7 Å². The number of piperazine rings is 1. The number of rotatable bonds is 18. The third kappa shape index (κ3) is 11.5. The van der Waals surface area contributed by atoms with Crippen molar-refractivity contribution in [2.45, 2.75) is 46.0 Å². The first-order valence-electron chi connectivity index (χ1n) is 17.9.